The zero-order valence-corrected chi connectivity index (χ0v) is 11.2. The van der Waals surface area contributed by atoms with E-state index in [9.17, 15) is 9.18 Å². The maximum absolute atomic E-state index is 13.6. The summed E-state index contributed by atoms with van der Waals surface area (Å²) in [5.41, 5.74) is 0.00101. The Morgan fingerprint density at radius 1 is 1.50 bits per heavy atom. The van der Waals surface area contributed by atoms with Gasteiger partial charge in [0.1, 0.15) is 5.82 Å². The lowest BCUT2D eigenvalue weighted by Gasteiger charge is -2.16. The second-order valence-electron chi connectivity index (χ2n) is 4.34. The third kappa shape index (κ3) is 2.54. The summed E-state index contributed by atoms with van der Waals surface area (Å²) >= 11 is 3.16. The first kappa shape index (κ1) is 13.0. The summed E-state index contributed by atoms with van der Waals surface area (Å²) < 4.78 is 14.0. The molecule has 0 unspecified atom stereocenters. The minimum atomic E-state index is -0.562. The van der Waals surface area contributed by atoms with Crippen molar-refractivity contribution in [3.05, 3.63) is 34.1 Å². The minimum Gasteiger partial charge on any atom is -0.348 e. The maximum atomic E-state index is 13.6. The number of hydrogen-bond acceptors (Lipinski definition) is 2. The van der Waals surface area contributed by atoms with Gasteiger partial charge in [-0.25, -0.2) is 4.39 Å². The van der Waals surface area contributed by atoms with Crippen LogP contribution in [0.1, 0.15) is 29.6 Å². The van der Waals surface area contributed by atoms with Gasteiger partial charge in [0.15, 0.2) is 0 Å². The highest BCUT2D eigenvalue weighted by molar-refractivity contribution is 9.10. The largest absolute Gasteiger partial charge is 0.348 e. The lowest BCUT2D eigenvalue weighted by molar-refractivity contribution is 0.0928. The molecule has 0 heterocycles. The third-order valence-electron chi connectivity index (χ3n) is 3.19. The number of carbonyl (C=O) groups is 1. The maximum Gasteiger partial charge on any atom is 0.255 e. The predicted molar refractivity (Wildman–Crippen MR) is 68.3 cm³/mol. The van der Waals surface area contributed by atoms with Crippen LogP contribution in [-0.2, 0) is 0 Å². The fraction of sp³-hybridized carbons (Fsp3) is 0.385. The summed E-state index contributed by atoms with van der Waals surface area (Å²) in [4.78, 5) is 12.0. The molecule has 1 aromatic rings. The quantitative estimate of drug-likeness (QED) is 0.913. The molecule has 0 radical (unpaired) electrons. The van der Waals surface area contributed by atoms with Gasteiger partial charge in [0.05, 0.1) is 17.6 Å². The number of benzene rings is 1. The Hall–Kier alpha value is -1.41. The molecule has 1 aliphatic carbocycles. The van der Waals surface area contributed by atoms with Gasteiger partial charge in [0, 0.05) is 10.5 Å². The van der Waals surface area contributed by atoms with Crippen molar-refractivity contribution in [1.29, 1.82) is 5.26 Å². The van der Waals surface area contributed by atoms with Crippen molar-refractivity contribution in [2.24, 2.45) is 5.92 Å². The first-order valence-electron chi connectivity index (χ1n) is 5.78. The predicted octanol–water partition coefficient (Wildman–Crippen LogP) is 3.01. The zero-order valence-electron chi connectivity index (χ0n) is 9.62. The van der Waals surface area contributed by atoms with Crippen LogP contribution in [0, 0.1) is 23.1 Å². The van der Waals surface area contributed by atoms with Crippen LogP contribution >= 0.6 is 15.9 Å². The molecule has 1 fully saturated rings. The summed E-state index contributed by atoms with van der Waals surface area (Å²) in [6.07, 6.45) is 2.48. The number of rotatable bonds is 2. The molecule has 3 nitrogen and oxygen atoms in total. The molecule has 1 aromatic carbocycles. The van der Waals surface area contributed by atoms with Gasteiger partial charge < -0.3 is 5.32 Å². The first-order chi connectivity index (χ1) is 8.63. The van der Waals surface area contributed by atoms with Gasteiger partial charge in [-0.1, -0.05) is 6.07 Å². The molecule has 1 N–H and O–H groups in total. The molecule has 94 valence electrons. The molecular formula is C13H12BrFN2O. The average Bonchev–Trinajstić information content (AvgIpc) is 2.76. The van der Waals surface area contributed by atoms with E-state index in [2.05, 4.69) is 27.3 Å². The Balaban J connectivity index is 2.16. The Labute approximate surface area is 113 Å². The molecule has 2 rings (SSSR count). The summed E-state index contributed by atoms with van der Waals surface area (Å²) in [5.74, 6) is -1.19. The molecule has 0 aliphatic heterocycles. The summed E-state index contributed by atoms with van der Waals surface area (Å²) in [5, 5.41) is 11.7. The fourth-order valence-corrected chi connectivity index (χ4v) is 2.76. The smallest absolute Gasteiger partial charge is 0.255 e. The highest BCUT2D eigenvalue weighted by Gasteiger charge is 2.29. The second kappa shape index (κ2) is 5.49. The van der Waals surface area contributed by atoms with Gasteiger partial charge in [-0.2, -0.15) is 5.26 Å². The Kier molecular flexibility index (Phi) is 3.97. The highest BCUT2D eigenvalue weighted by Crippen LogP contribution is 2.26. The average molecular weight is 311 g/mol. The first-order valence-corrected chi connectivity index (χ1v) is 6.57. The lowest BCUT2D eigenvalue weighted by atomic mass is 10.1. The normalized spacial score (nSPS) is 22.5. The standard InChI is InChI=1S/C13H12BrFN2O/c14-9-4-2-5-10(15)12(9)13(18)17-11-6-1-3-8(11)7-16/h2,4-5,8,11H,1,3,6H2,(H,17,18)/t8-,11-/m1/s1. The topological polar surface area (TPSA) is 52.9 Å². The summed E-state index contributed by atoms with van der Waals surface area (Å²) in [7, 11) is 0. The fourth-order valence-electron chi connectivity index (χ4n) is 2.24. The molecule has 0 aromatic heterocycles. The van der Waals surface area contributed by atoms with Crippen LogP contribution in [-0.4, -0.2) is 11.9 Å². The molecule has 1 amide bonds. The molecule has 5 heteroatoms. The number of nitrogens with one attached hydrogen (secondary N) is 1. The van der Waals surface area contributed by atoms with E-state index in [0.29, 0.717) is 4.47 Å². The summed E-state index contributed by atoms with van der Waals surface area (Å²) in [6.45, 7) is 0. The van der Waals surface area contributed by atoms with Crippen LogP contribution in [0.3, 0.4) is 0 Å². The molecule has 1 saturated carbocycles. The number of amides is 1. The molecular weight excluding hydrogens is 299 g/mol. The van der Waals surface area contributed by atoms with Crippen LogP contribution in [0.25, 0.3) is 0 Å². The van der Waals surface area contributed by atoms with Gasteiger partial charge in [-0.3, -0.25) is 4.79 Å². The summed E-state index contributed by atoms with van der Waals surface area (Å²) in [6, 6.07) is 6.40. The van der Waals surface area contributed by atoms with Crippen molar-refractivity contribution in [2.75, 3.05) is 0 Å². The Bertz CT molecular complexity index is 492. The van der Waals surface area contributed by atoms with Crippen LogP contribution < -0.4 is 5.32 Å². The molecule has 0 bridgehead atoms. The highest BCUT2D eigenvalue weighted by atomic mass is 79.9. The number of nitrogens with zero attached hydrogens (tertiary/aromatic N) is 1. The van der Waals surface area contributed by atoms with E-state index < -0.39 is 11.7 Å². The molecule has 0 spiro atoms. The van der Waals surface area contributed by atoms with Gasteiger partial charge in [0.25, 0.3) is 5.91 Å². The molecule has 18 heavy (non-hydrogen) atoms. The number of hydrogen-bond donors (Lipinski definition) is 1. The SMILES string of the molecule is N#C[C@H]1CCC[C@H]1NC(=O)c1c(F)cccc1Br. The van der Waals surface area contributed by atoms with Crippen molar-refractivity contribution in [3.63, 3.8) is 0 Å². The van der Waals surface area contributed by atoms with E-state index in [4.69, 9.17) is 5.26 Å². The van der Waals surface area contributed by atoms with Gasteiger partial charge in [-0.15, -0.1) is 0 Å². The van der Waals surface area contributed by atoms with Crippen molar-refractivity contribution in [1.82, 2.24) is 5.32 Å². The van der Waals surface area contributed by atoms with E-state index in [1.165, 1.54) is 12.1 Å². The number of halogens is 2. The van der Waals surface area contributed by atoms with Crippen LogP contribution in [0.4, 0.5) is 4.39 Å². The van der Waals surface area contributed by atoms with Crippen LogP contribution in [0.5, 0.6) is 0 Å². The van der Waals surface area contributed by atoms with Crippen LogP contribution in [0.2, 0.25) is 0 Å². The zero-order chi connectivity index (χ0) is 13.1. The van der Waals surface area contributed by atoms with Crippen molar-refractivity contribution >= 4 is 21.8 Å². The molecule has 2 atom stereocenters. The molecule has 1 aliphatic rings. The third-order valence-corrected chi connectivity index (χ3v) is 3.85. The van der Waals surface area contributed by atoms with Crippen molar-refractivity contribution < 1.29 is 9.18 Å². The van der Waals surface area contributed by atoms with E-state index >= 15 is 0 Å². The number of nitriles is 1. The lowest BCUT2D eigenvalue weighted by Crippen LogP contribution is -2.37. The van der Waals surface area contributed by atoms with Gasteiger partial charge in [-0.05, 0) is 47.3 Å². The Morgan fingerprint density at radius 3 is 2.94 bits per heavy atom. The second-order valence-corrected chi connectivity index (χ2v) is 5.20. The van der Waals surface area contributed by atoms with E-state index in [0.717, 1.165) is 19.3 Å². The molecule has 0 saturated heterocycles. The van der Waals surface area contributed by atoms with E-state index in [1.807, 2.05) is 0 Å². The monoisotopic (exact) mass is 310 g/mol. The van der Waals surface area contributed by atoms with Gasteiger partial charge >= 0.3 is 0 Å². The van der Waals surface area contributed by atoms with Crippen LogP contribution in [0.15, 0.2) is 22.7 Å². The van der Waals surface area contributed by atoms with E-state index in [1.54, 1.807) is 6.07 Å². The number of carbonyl (C=O) groups excluding carboxylic acids is 1. The van der Waals surface area contributed by atoms with Crippen molar-refractivity contribution in [3.8, 4) is 6.07 Å². The van der Waals surface area contributed by atoms with Crippen molar-refractivity contribution in [2.45, 2.75) is 25.3 Å². The van der Waals surface area contributed by atoms with E-state index in [-0.39, 0.29) is 17.5 Å². The Morgan fingerprint density at radius 2 is 2.28 bits per heavy atom. The minimum absolute atomic E-state index is 0.00101. The van der Waals surface area contributed by atoms with Gasteiger partial charge in [0.2, 0.25) is 0 Å².